The van der Waals surface area contributed by atoms with Crippen molar-refractivity contribution in [3.8, 4) is 0 Å². The van der Waals surface area contributed by atoms with Crippen LogP contribution >= 0.6 is 0 Å². The summed E-state index contributed by atoms with van der Waals surface area (Å²) in [6.07, 6.45) is -0.333. The fourth-order valence-corrected chi connectivity index (χ4v) is 0.789. The van der Waals surface area contributed by atoms with Gasteiger partial charge in [-0.1, -0.05) is 13.8 Å². The molecule has 1 amide bonds. The van der Waals surface area contributed by atoms with Gasteiger partial charge in [0.05, 0.1) is 6.10 Å². The molecule has 3 N–H and O–H groups in total. The zero-order valence-corrected chi connectivity index (χ0v) is 8.63. The number of hydrogen-bond donors (Lipinski definition) is 3. The number of carbonyl (C=O) groups excluding carboxylic acids is 1. The molecule has 0 aliphatic rings. The summed E-state index contributed by atoms with van der Waals surface area (Å²) < 4.78 is 0. The molecular formula is C9H20N2O2. The van der Waals surface area contributed by atoms with Crippen LogP contribution in [0.4, 0.5) is 0 Å². The predicted octanol–water partition coefficient (Wildman–Crippen LogP) is -0.271. The summed E-state index contributed by atoms with van der Waals surface area (Å²) in [5, 5.41) is 14.7. The number of hydrogen-bond acceptors (Lipinski definition) is 3. The van der Waals surface area contributed by atoms with Crippen LogP contribution in [0.1, 0.15) is 20.8 Å². The molecule has 4 heteroatoms. The Bertz CT molecular complexity index is 147. The molecule has 0 heterocycles. The third-order valence-electron chi connectivity index (χ3n) is 1.57. The normalized spacial score (nSPS) is 13.0. The van der Waals surface area contributed by atoms with E-state index in [2.05, 4.69) is 10.6 Å². The minimum absolute atomic E-state index is 0.0387. The molecule has 0 spiro atoms. The highest BCUT2D eigenvalue weighted by atomic mass is 16.3. The first kappa shape index (κ1) is 12.4. The van der Waals surface area contributed by atoms with Gasteiger partial charge in [-0.25, -0.2) is 0 Å². The highest BCUT2D eigenvalue weighted by Crippen LogP contribution is 1.88. The van der Waals surface area contributed by atoms with E-state index < -0.39 is 0 Å². The maximum Gasteiger partial charge on any atom is 0.222 e. The zero-order valence-electron chi connectivity index (χ0n) is 8.63. The van der Waals surface area contributed by atoms with Crippen molar-refractivity contribution in [1.29, 1.82) is 0 Å². The van der Waals surface area contributed by atoms with E-state index in [-0.39, 0.29) is 17.9 Å². The Kier molecular flexibility index (Phi) is 6.54. The van der Waals surface area contributed by atoms with E-state index in [1.807, 2.05) is 13.8 Å². The van der Waals surface area contributed by atoms with Gasteiger partial charge in [0, 0.05) is 25.6 Å². The van der Waals surface area contributed by atoms with Gasteiger partial charge in [0.25, 0.3) is 0 Å². The van der Waals surface area contributed by atoms with E-state index in [9.17, 15) is 4.79 Å². The topological polar surface area (TPSA) is 61.4 Å². The Morgan fingerprint density at radius 3 is 2.38 bits per heavy atom. The average molecular weight is 188 g/mol. The van der Waals surface area contributed by atoms with Crippen molar-refractivity contribution in [3.05, 3.63) is 0 Å². The van der Waals surface area contributed by atoms with Gasteiger partial charge in [-0.2, -0.15) is 0 Å². The van der Waals surface area contributed by atoms with Crippen molar-refractivity contribution in [1.82, 2.24) is 10.6 Å². The molecular weight excluding hydrogens is 168 g/mol. The van der Waals surface area contributed by atoms with Gasteiger partial charge >= 0.3 is 0 Å². The molecule has 0 saturated heterocycles. The van der Waals surface area contributed by atoms with Gasteiger partial charge in [-0.3, -0.25) is 4.79 Å². The fourth-order valence-electron chi connectivity index (χ4n) is 0.789. The van der Waals surface area contributed by atoms with Gasteiger partial charge in [0.15, 0.2) is 0 Å². The van der Waals surface area contributed by atoms with Crippen LogP contribution in [-0.4, -0.2) is 36.8 Å². The average Bonchev–Trinajstić information content (AvgIpc) is 2.02. The number of rotatable bonds is 6. The Labute approximate surface area is 79.7 Å². The van der Waals surface area contributed by atoms with Crippen molar-refractivity contribution < 1.29 is 9.90 Å². The van der Waals surface area contributed by atoms with Crippen LogP contribution in [0.25, 0.3) is 0 Å². The molecule has 0 aromatic carbocycles. The summed E-state index contributed by atoms with van der Waals surface area (Å²) in [5.74, 6) is 0.107. The van der Waals surface area contributed by atoms with Crippen molar-refractivity contribution in [2.75, 3.05) is 19.6 Å². The van der Waals surface area contributed by atoms with Gasteiger partial charge in [-0.05, 0) is 6.92 Å². The lowest BCUT2D eigenvalue weighted by atomic mass is 10.2. The first-order valence-electron chi connectivity index (χ1n) is 4.70. The lowest BCUT2D eigenvalue weighted by Gasteiger charge is -2.09. The molecule has 1 atom stereocenters. The standard InChI is InChI=1S/C9H20N2O2/c1-7(2)9(13)11-5-4-10-6-8(3)12/h7-8,10,12H,4-6H2,1-3H3,(H,11,13). The van der Waals surface area contributed by atoms with Crippen molar-refractivity contribution in [3.63, 3.8) is 0 Å². The third kappa shape index (κ3) is 7.74. The molecule has 0 rings (SSSR count). The SMILES string of the molecule is CC(O)CNCCNC(=O)C(C)C. The first-order chi connectivity index (χ1) is 6.04. The zero-order chi connectivity index (χ0) is 10.3. The molecule has 0 aromatic rings. The number of aliphatic hydroxyl groups is 1. The van der Waals surface area contributed by atoms with E-state index in [4.69, 9.17) is 5.11 Å². The van der Waals surface area contributed by atoms with Gasteiger partial charge < -0.3 is 15.7 Å². The molecule has 78 valence electrons. The molecule has 0 fully saturated rings. The largest absolute Gasteiger partial charge is 0.392 e. The lowest BCUT2D eigenvalue weighted by Crippen LogP contribution is -2.36. The van der Waals surface area contributed by atoms with Crippen molar-refractivity contribution >= 4 is 5.91 Å². The van der Waals surface area contributed by atoms with Gasteiger partial charge in [0.2, 0.25) is 5.91 Å². The summed E-state index contributed by atoms with van der Waals surface area (Å²) in [5.41, 5.74) is 0. The van der Waals surface area contributed by atoms with Gasteiger partial charge in [0.1, 0.15) is 0 Å². The molecule has 0 aliphatic heterocycles. The van der Waals surface area contributed by atoms with Crippen molar-refractivity contribution in [2.45, 2.75) is 26.9 Å². The maximum absolute atomic E-state index is 11.1. The molecule has 0 aliphatic carbocycles. The molecule has 13 heavy (non-hydrogen) atoms. The Morgan fingerprint density at radius 2 is 1.92 bits per heavy atom. The molecule has 1 unspecified atom stereocenters. The number of aliphatic hydroxyl groups excluding tert-OH is 1. The van der Waals surface area contributed by atoms with E-state index in [0.29, 0.717) is 19.6 Å². The molecule has 4 nitrogen and oxygen atoms in total. The summed E-state index contributed by atoms with van der Waals surface area (Å²) in [6.45, 7) is 7.32. The second-order valence-corrected chi connectivity index (χ2v) is 3.50. The Morgan fingerprint density at radius 1 is 1.31 bits per heavy atom. The lowest BCUT2D eigenvalue weighted by molar-refractivity contribution is -0.123. The van der Waals surface area contributed by atoms with Gasteiger partial charge in [-0.15, -0.1) is 0 Å². The minimum atomic E-state index is -0.333. The fraction of sp³-hybridized carbons (Fsp3) is 0.889. The molecule has 0 radical (unpaired) electrons. The summed E-state index contributed by atoms with van der Waals surface area (Å²) in [6, 6.07) is 0. The van der Waals surface area contributed by atoms with Crippen LogP contribution in [-0.2, 0) is 4.79 Å². The first-order valence-corrected chi connectivity index (χ1v) is 4.70. The van der Waals surface area contributed by atoms with Crippen LogP contribution in [0.15, 0.2) is 0 Å². The van der Waals surface area contributed by atoms with E-state index in [1.54, 1.807) is 6.92 Å². The summed E-state index contributed by atoms with van der Waals surface area (Å²) in [4.78, 5) is 11.1. The van der Waals surface area contributed by atoms with E-state index in [0.717, 1.165) is 0 Å². The van der Waals surface area contributed by atoms with E-state index in [1.165, 1.54) is 0 Å². The van der Waals surface area contributed by atoms with E-state index >= 15 is 0 Å². The minimum Gasteiger partial charge on any atom is -0.392 e. The molecule has 0 aromatic heterocycles. The number of nitrogens with one attached hydrogen (secondary N) is 2. The Balaban J connectivity index is 3.21. The molecule has 0 saturated carbocycles. The summed E-state index contributed by atoms with van der Waals surface area (Å²) in [7, 11) is 0. The number of carbonyl (C=O) groups is 1. The Hall–Kier alpha value is -0.610. The maximum atomic E-state index is 11.1. The highest BCUT2D eigenvalue weighted by Gasteiger charge is 2.04. The van der Waals surface area contributed by atoms with Crippen LogP contribution < -0.4 is 10.6 Å². The third-order valence-corrected chi connectivity index (χ3v) is 1.57. The van der Waals surface area contributed by atoms with Crippen molar-refractivity contribution in [2.24, 2.45) is 5.92 Å². The predicted molar refractivity (Wildman–Crippen MR) is 52.4 cm³/mol. The van der Waals surface area contributed by atoms with Crippen LogP contribution in [0.5, 0.6) is 0 Å². The monoisotopic (exact) mass is 188 g/mol. The second kappa shape index (κ2) is 6.86. The highest BCUT2D eigenvalue weighted by molar-refractivity contribution is 5.77. The summed E-state index contributed by atoms with van der Waals surface area (Å²) >= 11 is 0. The number of amides is 1. The molecule has 0 bridgehead atoms. The second-order valence-electron chi connectivity index (χ2n) is 3.50. The van der Waals surface area contributed by atoms with Crippen LogP contribution in [0.3, 0.4) is 0 Å². The smallest absolute Gasteiger partial charge is 0.222 e. The quantitative estimate of drug-likeness (QED) is 0.503. The van der Waals surface area contributed by atoms with Crippen LogP contribution in [0.2, 0.25) is 0 Å². The van der Waals surface area contributed by atoms with Crippen LogP contribution in [0, 0.1) is 5.92 Å².